The van der Waals surface area contributed by atoms with Crippen LogP contribution in [-0.4, -0.2) is 41.9 Å². The van der Waals surface area contributed by atoms with E-state index in [-0.39, 0.29) is 12.5 Å². The molecule has 3 aromatic rings. The lowest BCUT2D eigenvalue weighted by molar-refractivity contribution is -0.144. The van der Waals surface area contributed by atoms with Gasteiger partial charge in [0.25, 0.3) is 0 Å². The average molecular weight is 495 g/mol. The van der Waals surface area contributed by atoms with Crippen LogP contribution in [0.15, 0.2) is 42.5 Å². The summed E-state index contributed by atoms with van der Waals surface area (Å²) in [4.78, 5) is 37.6. The van der Waals surface area contributed by atoms with E-state index < -0.39 is 17.7 Å². The molecular formula is C28H34N2O6. The Labute approximate surface area is 211 Å². The molecule has 0 fully saturated rings. The van der Waals surface area contributed by atoms with E-state index in [9.17, 15) is 14.4 Å². The number of ether oxygens (including phenoxy) is 3. The maximum Gasteiger partial charge on any atom is 0.412 e. The molecule has 0 radical (unpaired) electrons. The molecule has 1 amide bonds. The third-order valence-corrected chi connectivity index (χ3v) is 5.60. The molecule has 0 aliphatic heterocycles. The molecule has 0 aliphatic rings. The molecule has 2 aromatic carbocycles. The monoisotopic (exact) mass is 494 g/mol. The van der Waals surface area contributed by atoms with Gasteiger partial charge in [0.1, 0.15) is 12.1 Å². The van der Waals surface area contributed by atoms with Crippen molar-refractivity contribution in [2.75, 3.05) is 19.0 Å². The highest BCUT2D eigenvalue weighted by Crippen LogP contribution is 2.37. The first-order chi connectivity index (χ1) is 17.1. The average Bonchev–Trinajstić information content (AvgIpc) is 3.08. The minimum absolute atomic E-state index is 0.0607. The highest BCUT2D eigenvalue weighted by Gasteiger charge is 2.23. The molecule has 36 heavy (non-hydrogen) atoms. The lowest BCUT2D eigenvalue weighted by Gasteiger charge is -2.21. The van der Waals surface area contributed by atoms with Crippen LogP contribution in [0.4, 0.5) is 10.5 Å². The van der Waals surface area contributed by atoms with Crippen LogP contribution < -0.4 is 5.32 Å². The number of hydrogen-bond acceptors (Lipinski definition) is 6. The summed E-state index contributed by atoms with van der Waals surface area (Å²) in [5, 5.41) is 3.70. The molecule has 1 N–H and O–H groups in total. The normalized spacial score (nSPS) is 11.3. The number of carbonyl (C=O) groups excluding carboxylic acids is 3. The standard InChI is InChI=1S/C28H34N2O6/c1-7-8-15-35-24(31)17-30-23-16-19(26(32)34-6)13-14-20(23)18(2)25(30)21-11-9-10-12-22(21)29-27(33)36-28(3,4)5/h9-14,16H,7-8,15,17H2,1-6H3,(H,29,33). The molecule has 1 aromatic heterocycles. The summed E-state index contributed by atoms with van der Waals surface area (Å²) < 4.78 is 17.6. The van der Waals surface area contributed by atoms with E-state index >= 15 is 0 Å². The number of fused-ring (bicyclic) bond motifs is 1. The Hall–Kier alpha value is -3.81. The van der Waals surface area contributed by atoms with Crippen molar-refractivity contribution in [3.63, 3.8) is 0 Å². The summed E-state index contributed by atoms with van der Waals surface area (Å²) in [6.07, 6.45) is 1.11. The Balaban J connectivity index is 2.15. The Kier molecular flexibility index (Phi) is 8.40. The number of para-hydroxylation sites is 1. The Morgan fingerprint density at radius 3 is 2.44 bits per heavy atom. The van der Waals surface area contributed by atoms with Gasteiger partial charge >= 0.3 is 18.0 Å². The van der Waals surface area contributed by atoms with E-state index in [1.54, 1.807) is 39.0 Å². The van der Waals surface area contributed by atoms with Crippen molar-refractivity contribution in [2.24, 2.45) is 0 Å². The van der Waals surface area contributed by atoms with Crippen molar-refractivity contribution in [3.05, 3.63) is 53.6 Å². The van der Waals surface area contributed by atoms with Gasteiger partial charge in [0.05, 0.1) is 36.2 Å². The summed E-state index contributed by atoms with van der Waals surface area (Å²) in [5.41, 5.74) is 3.26. The molecule has 0 aliphatic carbocycles. The van der Waals surface area contributed by atoms with Gasteiger partial charge in [-0.1, -0.05) is 37.6 Å². The Morgan fingerprint density at radius 2 is 1.78 bits per heavy atom. The fourth-order valence-electron chi connectivity index (χ4n) is 4.00. The van der Waals surface area contributed by atoms with Gasteiger partial charge in [-0.2, -0.15) is 0 Å². The molecule has 1 heterocycles. The van der Waals surface area contributed by atoms with Gasteiger partial charge in [0.2, 0.25) is 0 Å². The molecular weight excluding hydrogens is 460 g/mol. The summed E-state index contributed by atoms with van der Waals surface area (Å²) in [5.74, 6) is -0.857. The van der Waals surface area contributed by atoms with E-state index in [2.05, 4.69) is 5.32 Å². The smallest absolute Gasteiger partial charge is 0.412 e. The zero-order chi connectivity index (χ0) is 26.5. The predicted octanol–water partition coefficient (Wildman–Crippen LogP) is 6.09. The van der Waals surface area contributed by atoms with Gasteiger partial charge in [-0.25, -0.2) is 9.59 Å². The topological polar surface area (TPSA) is 95.9 Å². The Bertz CT molecular complexity index is 1270. The van der Waals surface area contributed by atoms with Crippen LogP contribution in [0.2, 0.25) is 0 Å². The van der Waals surface area contributed by atoms with Crippen LogP contribution in [0.25, 0.3) is 22.2 Å². The second kappa shape index (κ2) is 11.3. The number of nitrogens with zero attached hydrogens (tertiary/aromatic N) is 1. The molecule has 0 saturated heterocycles. The van der Waals surface area contributed by atoms with E-state index in [1.807, 2.05) is 42.7 Å². The zero-order valence-corrected chi connectivity index (χ0v) is 21.8. The first-order valence-corrected chi connectivity index (χ1v) is 12.0. The summed E-state index contributed by atoms with van der Waals surface area (Å²) in [6.45, 7) is 9.63. The molecule has 8 heteroatoms. The summed E-state index contributed by atoms with van der Waals surface area (Å²) in [6, 6.07) is 12.6. The summed E-state index contributed by atoms with van der Waals surface area (Å²) >= 11 is 0. The SMILES string of the molecule is CCCCOC(=O)Cn1c(-c2ccccc2NC(=O)OC(C)(C)C)c(C)c2ccc(C(=O)OC)cc21. The van der Waals surface area contributed by atoms with Gasteiger partial charge in [-0.05, 0) is 57.9 Å². The van der Waals surface area contributed by atoms with Crippen molar-refractivity contribution in [2.45, 2.75) is 59.6 Å². The number of aryl methyl sites for hydroxylation is 1. The highest BCUT2D eigenvalue weighted by atomic mass is 16.6. The molecule has 0 atom stereocenters. The molecule has 0 saturated carbocycles. The fourth-order valence-corrected chi connectivity index (χ4v) is 4.00. The quantitative estimate of drug-likeness (QED) is 0.231. The van der Waals surface area contributed by atoms with E-state index in [4.69, 9.17) is 14.2 Å². The second-order valence-corrected chi connectivity index (χ2v) is 9.53. The molecule has 0 spiro atoms. The zero-order valence-electron chi connectivity index (χ0n) is 21.8. The van der Waals surface area contributed by atoms with Crippen LogP contribution in [0.1, 0.15) is 56.5 Å². The van der Waals surface area contributed by atoms with Crippen LogP contribution in [0.5, 0.6) is 0 Å². The highest BCUT2D eigenvalue weighted by molar-refractivity contribution is 6.01. The number of carbonyl (C=O) groups is 3. The number of rotatable bonds is 8. The van der Waals surface area contributed by atoms with E-state index in [0.29, 0.717) is 28.9 Å². The van der Waals surface area contributed by atoms with E-state index in [0.717, 1.165) is 29.5 Å². The molecule has 0 bridgehead atoms. The lowest BCUT2D eigenvalue weighted by atomic mass is 10.0. The molecule has 3 rings (SSSR count). The van der Waals surface area contributed by atoms with Crippen LogP contribution in [0, 0.1) is 6.92 Å². The van der Waals surface area contributed by atoms with E-state index in [1.165, 1.54) is 7.11 Å². The third kappa shape index (κ3) is 6.24. The second-order valence-electron chi connectivity index (χ2n) is 9.53. The molecule has 8 nitrogen and oxygen atoms in total. The third-order valence-electron chi connectivity index (χ3n) is 5.60. The number of benzene rings is 2. The number of amides is 1. The van der Waals surface area contributed by atoms with Crippen LogP contribution >= 0.6 is 0 Å². The van der Waals surface area contributed by atoms with Gasteiger partial charge in [0.15, 0.2) is 0 Å². The minimum atomic E-state index is -0.656. The van der Waals surface area contributed by atoms with Gasteiger partial charge in [-0.15, -0.1) is 0 Å². The van der Waals surface area contributed by atoms with Crippen molar-refractivity contribution in [1.29, 1.82) is 0 Å². The number of anilines is 1. The number of esters is 2. The number of hydrogen-bond donors (Lipinski definition) is 1. The number of nitrogens with one attached hydrogen (secondary N) is 1. The van der Waals surface area contributed by atoms with Crippen LogP contribution in [-0.2, 0) is 25.5 Å². The number of aromatic nitrogens is 1. The van der Waals surface area contributed by atoms with Crippen molar-refractivity contribution in [3.8, 4) is 11.3 Å². The van der Waals surface area contributed by atoms with Gasteiger partial charge in [-0.3, -0.25) is 10.1 Å². The number of methoxy groups -OCH3 is 1. The van der Waals surface area contributed by atoms with Gasteiger partial charge < -0.3 is 18.8 Å². The van der Waals surface area contributed by atoms with Crippen LogP contribution in [0.3, 0.4) is 0 Å². The lowest BCUT2D eigenvalue weighted by Crippen LogP contribution is -2.27. The predicted molar refractivity (Wildman–Crippen MR) is 139 cm³/mol. The number of unbranched alkanes of at least 4 members (excludes halogenated alkanes) is 1. The largest absolute Gasteiger partial charge is 0.465 e. The fraction of sp³-hybridized carbons (Fsp3) is 0.393. The maximum atomic E-state index is 12.8. The molecule has 192 valence electrons. The first-order valence-electron chi connectivity index (χ1n) is 12.0. The summed E-state index contributed by atoms with van der Waals surface area (Å²) in [7, 11) is 1.33. The van der Waals surface area contributed by atoms with Gasteiger partial charge in [0, 0.05) is 10.9 Å². The van der Waals surface area contributed by atoms with Crippen molar-refractivity contribution >= 4 is 34.6 Å². The Morgan fingerprint density at radius 1 is 1.06 bits per heavy atom. The molecule has 0 unspecified atom stereocenters. The first kappa shape index (κ1) is 26.8. The maximum absolute atomic E-state index is 12.8. The van der Waals surface area contributed by atoms with Crippen molar-refractivity contribution < 1.29 is 28.6 Å². The van der Waals surface area contributed by atoms with Crippen molar-refractivity contribution in [1.82, 2.24) is 4.57 Å². The minimum Gasteiger partial charge on any atom is -0.465 e.